The number of carbonyl (C=O) groups excluding carboxylic acids is 1. The van der Waals surface area contributed by atoms with Crippen molar-refractivity contribution in [2.45, 2.75) is 12.8 Å². The fraction of sp³-hybridized carbons (Fsp3) is 0.214. The summed E-state index contributed by atoms with van der Waals surface area (Å²) < 4.78 is 0.770. The lowest BCUT2D eigenvalue weighted by atomic mass is 10.1. The normalized spacial score (nSPS) is 10.1. The van der Waals surface area contributed by atoms with E-state index in [1.165, 1.54) is 5.56 Å². The number of nitrogens with zero attached hydrogens (tertiary/aromatic N) is 2. The van der Waals surface area contributed by atoms with Gasteiger partial charge in [-0.25, -0.2) is 14.8 Å². The topological polar surface area (TPSA) is 66.9 Å². The minimum Gasteiger partial charge on any atom is -0.338 e. The quantitative estimate of drug-likeness (QED) is 0.826. The lowest BCUT2D eigenvalue weighted by Gasteiger charge is -2.06. The van der Waals surface area contributed by atoms with E-state index in [9.17, 15) is 4.79 Å². The monoisotopic (exact) mass is 334 g/mol. The molecule has 0 atom stereocenters. The van der Waals surface area contributed by atoms with E-state index in [0.29, 0.717) is 6.54 Å². The molecule has 0 fully saturated rings. The van der Waals surface area contributed by atoms with Crippen LogP contribution in [0.15, 0.2) is 47.2 Å². The molecule has 104 valence electrons. The third-order valence-electron chi connectivity index (χ3n) is 2.62. The van der Waals surface area contributed by atoms with Crippen LogP contribution in [0.4, 0.5) is 10.7 Å². The number of nitrogens with one attached hydrogen (secondary N) is 2. The zero-order valence-electron chi connectivity index (χ0n) is 10.8. The summed E-state index contributed by atoms with van der Waals surface area (Å²) in [6.45, 7) is 0.608. The van der Waals surface area contributed by atoms with E-state index >= 15 is 0 Å². The Bertz CT molecular complexity index is 545. The predicted molar refractivity (Wildman–Crippen MR) is 81.5 cm³/mol. The molecule has 0 saturated carbocycles. The van der Waals surface area contributed by atoms with Gasteiger partial charge in [0.2, 0.25) is 5.95 Å². The predicted octanol–water partition coefficient (Wildman–Crippen LogP) is 2.99. The molecular formula is C14H15BrN4O. The van der Waals surface area contributed by atoms with Gasteiger partial charge in [-0.05, 0) is 34.3 Å². The molecule has 6 heteroatoms. The number of hydrogen-bond acceptors (Lipinski definition) is 3. The summed E-state index contributed by atoms with van der Waals surface area (Å²) in [6.07, 6.45) is 4.99. The first-order chi connectivity index (χ1) is 9.74. The van der Waals surface area contributed by atoms with Crippen molar-refractivity contribution < 1.29 is 4.79 Å². The summed E-state index contributed by atoms with van der Waals surface area (Å²) in [4.78, 5) is 19.5. The Labute approximate surface area is 126 Å². The molecule has 2 rings (SSSR count). The van der Waals surface area contributed by atoms with Crippen LogP contribution >= 0.6 is 15.9 Å². The van der Waals surface area contributed by atoms with Gasteiger partial charge in [0.15, 0.2) is 0 Å². The van der Waals surface area contributed by atoms with E-state index in [0.717, 1.165) is 17.3 Å². The number of hydrogen-bond donors (Lipinski definition) is 2. The lowest BCUT2D eigenvalue weighted by Crippen LogP contribution is -2.30. The van der Waals surface area contributed by atoms with Gasteiger partial charge in [0, 0.05) is 18.9 Å². The Morgan fingerprint density at radius 1 is 1.15 bits per heavy atom. The van der Waals surface area contributed by atoms with Crippen LogP contribution in [-0.2, 0) is 6.42 Å². The zero-order valence-corrected chi connectivity index (χ0v) is 12.4. The van der Waals surface area contributed by atoms with Crippen LogP contribution in [0.5, 0.6) is 0 Å². The third-order valence-corrected chi connectivity index (χ3v) is 3.03. The Hall–Kier alpha value is -1.95. The Kier molecular flexibility index (Phi) is 5.49. The smallest absolute Gasteiger partial charge is 0.321 e. The second-order valence-electron chi connectivity index (χ2n) is 4.19. The number of benzene rings is 1. The van der Waals surface area contributed by atoms with E-state index in [-0.39, 0.29) is 12.0 Å². The van der Waals surface area contributed by atoms with Gasteiger partial charge in [-0.2, -0.15) is 0 Å². The number of aromatic nitrogens is 2. The number of halogens is 1. The maximum Gasteiger partial charge on any atom is 0.321 e. The molecule has 0 bridgehead atoms. The number of aryl methyl sites for hydroxylation is 1. The molecule has 2 N–H and O–H groups in total. The minimum absolute atomic E-state index is 0.286. The molecule has 5 nitrogen and oxygen atoms in total. The lowest BCUT2D eigenvalue weighted by molar-refractivity contribution is 0.252. The van der Waals surface area contributed by atoms with E-state index in [1.54, 1.807) is 12.4 Å². The molecular weight excluding hydrogens is 320 g/mol. The molecule has 0 aliphatic heterocycles. The third kappa shape index (κ3) is 4.97. The molecule has 0 saturated heterocycles. The van der Waals surface area contributed by atoms with Crippen molar-refractivity contribution in [2.75, 3.05) is 11.9 Å². The molecule has 1 heterocycles. The molecule has 0 unspecified atom stereocenters. The molecule has 1 aromatic heterocycles. The minimum atomic E-state index is -0.291. The van der Waals surface area contributed by atoms with Gasteiger partial charge in [0.25, 0.3) is 0 Å². The molecule has 2 aromatic rings. The van der Waals surface area contributed by atoms with E-state index in [2.05, 4.69) is 48.7 Å². The highest BCUT2D eigenvalue weighted by Crippen LogP contribution is 2.06. The standard InChI is InChI=1S/C14H15BrN4O/c15-12-9-17-13(18-10-12)19-14(20)16-8-4-7-11-5-2-1-3-6-11/h1-3,5-6,9-10H,4,7-8H2,(H2,16,17,18,19,20). The number of anilines is 1. The first-order valence-corrected chi connectivity index (χ1v) is 7.09. The molecule has 0 radical (unpaired) electrons. The number of urea groups is 1. The average Bonchev–Trinajstić information content (AvgIpc) is 2.47. The summed E-state index contributed by atoms with van der Waals surface area (Å²) in [5.74, 6) is 0.286. The van der Waals surface area contributed by atoms with Gasteiger partial charge in [-0.15, -0.1) is 0 Å². The van der Waals surface area contributed by atoms with Gasteiger partial charge in [0.05, 0.1) is 4.47 Å². The van der Waals surface area contributed by atoms with E-state index in [1.807, 2.05) is 18.2 Å². The summed E-state index contributed by atoms with van der Waals surface area (Å²) in [7, 11) is 0. The maximum atomic E-state index is 11.6. The molecule has 20 heavy (non-hydrogen) atoms. The number of rotatable bonds is 5. The van der Waals surface area contributed by atoms with Crippen LogP contribution in [-0.4, -0.2) is 22.5 Å². The van der Waals surface area contributed by atoms with Crippen molar-refractivity contribution in [3.63, 3.8) is 0 Å². The van der Waals surface area contributed by atoms with Crippen LogP contribution < -0.4 is 10.6 Å². The fourth-order valence-corrected chi connectivity index (χ4v) is 1.87. The summed E-state index contributed by atoms with van der Waals surface area (Å²) in [6, 6.07) is 9.89. The van der Waals surface area contributed by atoms with Crippen LogP contribution in [0.3, 0.4) is 0 Å². The first-order valence-electron chi connectivity index (χ1n) is 6.30. The maximum absolute atomic E-state index is 11.6. The Morgan fingerprint density at radius 2 is 1.85 bits per heavy atom. The van der Waals surface area contributed by atoms with Crippen molar-refractivity contribution in [1.82, 2.24) is 15.3 Å². The second kappa shape index (κ2) is 7.59. The summed E-state index contributed by atoms with van der Waals surface area (Å²) >= 11 is 3.23. The summed E-state index contributed by atoms with van der Waals surface area (Å²) in [5, 5.41) is 5.35. The van der Waals surface area contributed by atoms with Crippen molar-refractivity contribution >= 4 is 27.9 Å². The van der Waals surface area contributed by atoms with Gasteiger partial charge >= 0.3 is 6.03 Å². The molecule has 1 aromatic carbocycles. The largest absolute Gasteiger partial charge is 0.338 e. The average molecular weight is 335 g/mol. The fourth-order valence-electron chi connectivity index (χ4n) is 1.66. The highest BCUT2D eigenvalue weighted by atomic mass is 79.9. The number of amides is 2. The van der Waals surface area contributed by atoms with Crippen LogP contribution in [0.2, 0.25) is 0 Å². The zero-order chi connectivity index (χ0) is 14.2. The van der Waals surface area contributed by atoms with Gasteiger partial charge in [0.1, 0.15) is 0 Å². The van der Waals surface area contributed by atoms with Crippen LogP contribution in [0.25, 0.3) is 0 Å². The molecule has 0 aliphatic rings. The van der Waals surface area contributed by atoms with Crippen molar-refractivity contribution in [3.05, 3.63) is 52.8 Å². The SMILES string of the molecule is O=C(NCCCc1ccccc1)Nc1ncc(Br)cn1. The highest BCUT2D eigenvalue weighted by molar-refractivity contribution is 9.10. The van der Waals surface area contributed by atoms with Crippen LogP contribution in [0.1, 0.15) is 12.0 Å². The van der Waals surface area contributed by atoms with Gasteiger partial charge in [-0.3, -0.25) is 5.32 Å². The van der Waals surface area contributed by atoms with Crippen LogP contribution in [0, 0.1) is 0 Å². The van der Waals surface area contributed by atoms with Gasteiger partial charge in [-0.1, -0.05) is 30.3 Å². The molecule has 2 amide bonds. The van der Waals surface area contributed by atoms with E-state index in [4.69, 9.17) is 0 Å². The number of carbonyl (C=O) groups is 1. The molecule has 0 spiro atoms. The van der Waals surface area contributed by atoms with Crippen molar-refractivity contribution in [2.24, 2.45) is 0 Å². The Balaban J connectivity index is 1.66. The van der Waals surface area contributed by atoms with E-state index < -0.39 is 0 Å². The van der Waals surface area contributed by atoms with Crippen molar-refractivity contribution in [3.8, 4) is 0 Å². The van der Waals surface area contributed by atoms with Gasteiger partial charge < -0.3 is 5.32 Å². The highest BCUT2D eigenvalue weighted by Gasteiger charge is 2.02. The second-order valence-corrected chi connectivity index (χ2v) is 5.11. The summed E-state index contributed by atoms with van der Waals surface area (Å²) in [5.41, 5.74) is 1.27. The molecule has 0 aliphatic carbocycles. The van der Waals surface area contributed by atoms with Crippen molar-refractivity contribution in [1.29, 1.82) is 0 Å². The Morgan fingerprint density at radius 3 is 2.55 bits per heavy atom. The first kappa shape index (κ1) is 14.5.